The van der Waals surface area contributed by atoms with Gasteiger partial charge in [0.15, 0.2) is 0 Å². The Hall–Kier alpha value is 2.51. The van der Waals surface area contributed by atoms with E-state index in [1.165, 1.54) is 0 Å². The molecule has 0 spiro atoms. The van der Waals surface area contributed by atoms with E-state index in [1.54, 1.807) is 0 Å². The molecule has 0 saturated heterocycles. The maximum absolute atomic E-state index is 8.82. The Bertz CT molecular complexity index is 94.9. The SMILES string of the molecule is [BaH2].[O]=[Cr](=[O])([OH])[OH].[Zr]. The summed E-state index contributed by atoms with van der Waals surface area (Å²) >= 11 is -5.25. The molecule has 40 valence electrons. The zero-order valence-electron chi connectivity index (χ0n) is 2.62. The Labute approximate surface area is 102 Å². The Balaban J connectivity index is -0.0000000800. The van der Waals surface area contributed by atoms with E-state index >= 15 is 0 Å². The Morgan fingerprint density at radius 2 is 1.14 bits per heavy atom. The molecule has 0 aliphatic heterocycles. The van der Waals surface area contributed by atoms with E-state index in [-0.39, 0.29) is 75.1 Å². The molecule has 0 heterocycles. The van der Waals surface area contributed by atoms with Crippen molar-refractivity contribution in [1.29, 1.82) is 0 Å². The average molecular weight is 349 g/mol. The monoisotopic (exact) mass is 348 g/mol. The van der Waals surface area contributed by atoms with Crippen molar-refractivity contribution < 1.29 is 55.7 Å². The Morgan fingerprint density at radius 3 is 1.14 bits per heavy atom. The van der Waals surface area contributed by atoms with E-state index in [2.05, 4.69) is 0 Å². The fourth-order valence-electron chi connectivity index (χ4n) is 0. The standard InChI is InChI=1S/Ba.Cr.2H2O.2O.Zr.2H/h;;2*1H2;;;;;/q;+2;;;;;;;/p-2. The van der Waals surface area contributed by atoms with Crippen molar-refractivity contribution in [3.8, 4) is 0 Å². The van der Waals surface area contributed by atoms with Crippen LogP contribution in [0.2, 0.25) is 0 Å². The van der Waals surface area contributed by atoms with Crippen molar-refractivity contribution in [3.63, 3.8) is 0 Å². The molecule has 0 bridgehead atoms. The molecule has 0 aromatic heterocycles. The van der Waals surface area contributed by atoms with Gasteiger partial charge in [-0.05, 0) is 0 Å². The zero-order chi connectivity index (χ0) is 4.50. The van der Waals surface area contributed by atoms with E-state index in [0.717, 1.165) is 0 Å². The van der Waals surface area contributed by atoms with Gasteiger partial charge in [0.05, 0.1) is 0 Å². The van der Waals surface area contributed by atoms with Crippen LogP contribution in [0.5, 0.6) is 0 Å². The second kappa shape index (κ2) is 6.62. The molecule has 7 heteroatoms. The summed E-state index contributed by atoms with van der Waals surface area (Å²) in [6.45, 7) is 0. The fraction of sp³-hybridized carbons (Fsp3) is 0. The van der Waals surface area contributed by atoms with Crippen LogP contribution < -0.4 is 0 Å². The van der Waals surface area contributed by atoms with Gasteiger partial charge in [0.1, 0.15) is 0 Å². The molecule has 0 radical (unpaired) electrons. The van der Waals surface area contributed by atoms with Crippen LogP contribution in [-0.2, 0) is 47.4 Å². The van der Waals surface area contributed by atoms with E-state index < -0.39 is 13.6 Å². The van der Waals surface area contributed by atoms with Gasteiger partial charge in [-0.2, -0.15) is 0 Å². The van der Waals surface area contributed by atoms with Crippen LogP contribution in [0.3, 0.4) is 0 Å². The molecular weight excluding hydrogens is 345 g/mol. The molecule has 0 atom stereocenters. The molecule has 0 aliphatic carbocycles. The van der Waals surface area contributed by atoms with Crippen LogP contribution in [-0.4, -0.2) is 57.2 Å². The quantitative estimate of drug-likeness (QED) is 0.484. The smallest absolute Gasteiger partial charge is 0 e. The van der Waals surface area contributed by atoms with Gasteiger partial charge in [-0.25, -0.2) is 0 Å². The summed E-state index contributed by atoms with van der Waals surface area (Å²) in [5.74, 6) is 0. The molecule has 4 nitrogen and oxygen atoms in total. The minimum atomic E-state index is -5.25. The van der Waals surface area contributed by atoms with E-state index in [4.69, 9.17) is 15.9 Å². The summed E-state index contributed by atoms with van der Waals surface area (Å²) in [5.41, 5.74) is 0. The molecule has 0 rings (SSSR count). The van der Waals surface area contributed by atoms with Crippen molar-refractivity contribution in [3.05, 3.63) is 0 Å². The first kappa shape index (κ1) is 16.2. The molecule has 0 unspecified atom stereocenters. The average Bonchev–Trinajstić information content (AvgIpc) is 0.722. The predicted molar refractivity (Wildman–Crippen MR) is 14.4 cm³/mol. The molecule has 7 heavy (non-hydrogen) atoms. The largest absolute Gasteiger partial charge is 0 e. The van der Waals surface area contributed by atoms with Crippen molar-refractivity contribution >= 4 is 48.9 Å². The van der Waals surface area contributed by atoms with Crippen LogP contribution in [0.1, 0.15) is 0 Å². The maximum Gasteiger partial charge on any atom is 0 e. The van der Waals surface area contributed by atoms with E-state index in [1.807, 2.05) is 0 Å². The first-order valence-electron chi connectivity index (χ1n) is 0.698. The third kappa shape index (κ3) is 57.3. The molecule has 0 aliphatic rings. The van der Waals surface area contributed by atoms with Gasteiger partial charge in [-0.15, -0.1) is 0 Å². The molecular formula is H4BaCrO4Zr. The Kier molecular flexibility index (Phi) is 15.4. The summed E-state index contributed by atoms with van der Waals surface area (Å²) in [7, 11) is 0. The van der Waals surface area contributed by atoms with Crippen LogP contribution in [0.4, 0.5) is 0 Å². The summed E-state index contributed by atoms with van der Waals surface area (Å²) in [6.07, 6.45) is 0. The number of rotatable bonds is 0. The van der Waals surface area contributed by atoms with Crippen molar-refractivity contribution in [2.75, 3.05) is 0 Å². The van der Waals surface area contributed by atoms with E-state index in [0.29, 0.717) is 0 Å². The normalized spacial score (nSPS) is 8.29. The molecule has 2 N–H and O–H groups in total. The molecule has 0 aromatic rings. The fourth-order valence-corrected chi connectivity index (χ4v) is 0. The second-order valence-corrected chi connectivity index (χ2v) is 1.85. The summed E-state index contributed by atoms with van der Waals surface area (Å²) in [5, 5.41) is 0. The molecule has 0 amide bonds. The van der Waals surface area contributed by atoms with Gasteiger partial charge < -0.3 is 0 Å². The van der Waals surface area contributed by atoms with Crippen LogP contribution in [0, 0.1) is 0 Å². The van der Waals surface area contributed by atoms with Crippen molar-refractivity contribution in [2.24, 2.45) is 0 Å². The van der Waals surface area contributed by atoms with Gasteiger partial charge in [0, 0.05) is 26.2 Å². The summed E-state index contributed by atoms with van der Waals surface area (Å²) in [4.78, 5) is 0. The third-order valence-electron chi connectivity index (χ3n) is 0. The third-order valence-corrected chi connectivity index (χ3v) is 0. The number of hydrogen-bond donors (Lipinski definition) is 2. The summed E-state index contributed by atoms with van der Waals surface area (Å²) in [6, 6.07) is 0. The van der Waals surface area contributed by atoms with Gasteiger partial charge >= 0.3 is 78.4 Å². The summed E-state index contributed by atoms with van der Waals surface area (Å²) < 4.78 is 31.9. The van der Waals surface area contributed by atoms with Gasteiger partial charge in [0.2, 0.25) is 0 Å². The van der Waals surface area contributed by atoms with Crippen LogP contribution in [0.25, 0.3) is 0 Å². The second-order valence-electron chi connectivity index (χ2n) is 0.448. The molecule has 0 aromatic carbocycles. The zero-order valence-corrected chi connectivity index (χ0v) is 6.35. The molecule has 0 fully saturated rings. The topological polar surface area (TPSA) is 74.6 Å². The number of hydrogen-bond acceptors (Lipinski definition) is 2. The van der Waals surface area contributed by atoms with Crippen molar-refractivity contribution in [2.45, 2.75) is 0 Å². The van der Waals surface area contributed by atoms with Gasteiger partial charge in [0.25, 0.3) is 0 Å². The van der Waals surface area contributed by atoms with Crippen LogP contribution >= 0.6 is 0 Å². The first-order chi connectivity index (χ1) is 2.00. The van der Waals surface area contributed by atoms with Gasteiger partial charge in [-0.1, -0.05) is 0 Å². The predicted octanol–water partition coefficient (Wildman–Crippen LogP) is -2.27. The Morgan fingerprint density at radius 1 is 1.14 bits per heavy atom. The maximum atomic E-state index is 8.82. The van der Waals surface area contributed by atoms with Crippen molar-refractivity contribution in [1.82, 2.24) is 0 Å². The minimum absolute atomic E-state index is 0. The van der Waals surface area contributed by atoms with Gasteiger partial charge in [-0.3, -0.25) is 0 Å². The minimum Gasteiger partial charge on any atom is 0 e. The molecule has 0 saturated carbocycles. The van der Waals surface area contributed by atoms with Crippen LogP contribution in [0.15, 0.2) is 0 Å². The van der Waals surface area contributed by atoms with E-state index in [9.17, 15) is 0 Å². The first-order valence-corrected chi connectivity index (χ1v) is 2.88.